The molecular weight excluding hydrogens is 238 g/mol. The largest absolute Gasteiger partial charge is 0.309 e. The third kappa shape index (κ3) is 2.46. The molecule has 0 aliphatic rings. The van der Waals surface area contributed by atoms with Crippen LogP contribution in [0.3, 0.4) is 0 Å². The van der Waals surface area contributed by atoms with Gasteiger partial charge in [-0.15, -0.1) is 11.3 Å². The molecule has 2 rings (SSSR count). The number of benzene rings is 1. The summed E-state index contributed by atoms with van der Waals surface area (Å²) in [6.07, 6.45) is 0. The number of nitrogens with one attached hydrogen (secondary N) is 1. The lowest BCUT2D eigenvalue weighted by molar-refractivity contribution is 0.704. The molecule has 0 radical (unpaired) electrons. The van der Waals surface area contributed by atoms with Crippen LogP contribution in [-0.2, 0) is 0 Å². The van der Waals surface area contributed by atoms with Crippen molar-refractivity contribution in [2.24, 2.45) is 0 Å². The van der Waals surface area contributed by atoms with E-state index in [4.69, 9.17) is 11.6 Å². The summed E-state index contributed by atoms with van der Waals surface area (Å²) in [7, 11) is 1.98. The van der Waals surface area contributed by atoms with Crippen LogP contribution in [0.25, 0.3) is 0 Å². The van der Waals surface area contributed by atoms with E-state index in [0.29, 0.717) is 0 Å². The van der Waals surface area contributed by atoms with Crippen molar-refractivity contribution in [1.82, 2.24) is 5.32 Å². The molecule has 1 heterocycles. The van der Waals surface area contributed by atoms with E-state index in [2.05, 4.69) is 36.5 Å². The monoisotopic (exact) mass is 251 g/mol. The van der Waals surface area contributed by atoms with Crippen LogP contribution in [-0.4, -0.2) is 7.05 Å². The molecule has 1 aromatic carbocycles. The minimum Gasteiger partial charge on any atom is -0.309 e. The molecule has 0 fully saturated rings. The van der Waals surface area contributed by atoms with Gasteiger partial charge < -0.3 is 5.32 Å². The van der Waals surface area contributed by atoms with Gasteiger partial charge in [-0.25, -0.2) is 0 Å². The zero-order valence-electron chi connectivity index (χ0n) is 9.33. The Balaban J connectivity index is 2.32. The summed E-state index contributed by atoms with van der Waals surface area (Å²) in [5.41, 5.74) is 1.24. The smallest absolute Gasteiger partial charge is 0.0668 e. The third-order valence-corrected chi connectivity index (χ3v) is 3.86. The summed E-state index contributed by atoms with van der Waals surface area (Å²) >= 11 is 7.72. The Kier molecular flexibility index (Phi) is 3.64. The Labute approximate surface area is 105 Å². The molecule has 0 saturated heterocycles. The van der Waals surface area contributed by atoms with Gasteiger partial charge in [0.05, 0.1) is 6.04 Å². The highest BCUT2D eigenvalue weighted by Crippen LogP contribution is 2.28. The summed E-state index contributed by atoms with van der Waals surface area (Å²) in [6, 6.07) is 12.6. The average Bonchev–Trinajstić information content (AvgIpc) is 2.69. The molecule has 2 aromatic rings. The summed E-state index contributed by atoms with van der Waals surface area (Å²) in [5, 5.41) is 4.11. The SMILES string of the molecule is CNC(c1ccc(Cl)cc1)c1ccc(C)s1. The van der Waals surface area contributed by atoms with Crippen molar-refractivity contribution in [3.05, 3.63) is 56.7 Å². The maximum absolute atomic E-state index is 5.89. The first kappa shape index (κ1) is 11.6. The number of thiophene rings is 1. The topological polar surface area (TPSA) is 12.0 Å². The molecule has 1 atom stereocenters. The second kappa shape index (κ2) is 5.00. The van der Waals surface area contributed by atoms with Gasteiger partial charge >= 0.3 is 0 Å². The molecule has 1 nitrogen and oxygen atoms in total. The molecular formula is C13H14ClNS. The molecule has 1 N–H and O–H groups in total. The molecule has 0 aliphatic carbocycles. The summed E-state index contributed by atoms with van der Waals surface area (Å²) < 4.78 is 0. The zero-order valence-corrected chi connectivity index (χ0v) is 10.9. The first-order valence-corrected chi connectivity index (χ1v) is 6.39. The number of aryl methyl sites for hydroxylation is 1. The number of rotatable bonds is 3. The van der Waals surface area contributed by atoms with Crippen LogP contribution >= 0.6 is 22.9 Å². The lowest BCUT2D eigenvalue weighted by Gasteiger charge is -2.14. The first-order chi connectivity index (χ1) is 7.70. The number of hydrogen-bond donors (Lipinski definition) is 1. The summed E-state index contributed by atoms with van der Waals surface area (Å²) in [5.74, 6) is 0. The average molecular weight is 252 g/mol. The molecule has 0 amide bonds. The maximum atomic E-state index is 5.89. The molecule has 0 bridgehead atoms. The fraction of sp³-hybridized carbons (Fsp3) is 0.231. The van der Waals surface area contributed by atoms with E-state index in [1.807, 2.05) is 30.5 Å². The fourth-order valence-electron chi connectivity index (χ4n) is 1.74. The highest BCUT2D eigenvalue weighted by atomic mass is 35.5. The molecule has 0 saturated carbocycles. The number of halogens is 1. The Hall–Kier alpha value is -0.830. The Bertz CT molecular complexity index is 461. The Morgan fingerprint density at radius 2 is 1.81 bits per heavy atom. The number of hydrogen-bond acceptors (Lipinski definition) is 2. The lowest BCUT2D eigenvalue weighted by Crippen LogP contribution is -2.16. The maximum Gasteiger partial charge on any atom is 0.0668 e. The van der Waals surface area contributed by atoms with Crippen LogP contribution in [0.15, 0.2) is 36.4 Å². The van der Waals surface area contributed by atoms with E-state index >= 15 is 0 Å². The van der Waals surface area contributed by atoms with Crippen LogP contribution < -0.4 is 5.32 Å². The van der Waals surface area contributed by atoms with Crippen molar-refractivity contribution >= 4 is 22.9 Å². The normalized spacial score (nSPS) is 12.7. The second-order valence-corrected chi connectivity index (χ2v) is 5.48. The van der Waals surface area contributed by atoms with Crippen molar-refractivity contribution in [3.8, 4) is 0 Å². The second-order valence-electron chi connectivity index (χ2n) is 3.72. The zero-order chi connectivity index (χ0) is 11.5. The highest BCUT2D eigenvalue weighted by Gasteiger charge is 2.13. The van der Waals surface area contributed by atoms with Crippen molar-refractivity contribution in [3.63, 3.8) is 0 Å². The molecule has 0 aliphatic heterocycles. The van der Waals surface area contributed by atoms with Gasteiger partial charge in [0.1, 0.15) is 0 Å². The van der Waals surface area contributed by atoms with Gasteiger partial charge in [0.2, 0.25) is 0 Å². The third-order valence-electron chi connectivity index (χ3n) is 2.54. The van der Waals surface area contributed by atoms with Crippen LogP contribution in [0.4, 0.5) is 0 Å². The minimum absolute atomic E-state index is 0.260. The van der Waals surface area contributed by atoms with Gasteiger partial charge in [-0.05, 0) is 43.8 Å². The van der Waals surface area contributed by atoms with E-state index in [1.54, 1.807) is 0 Å². The predicted octanol–water partition coefficient (Wildman–Crippen LogP) is 4.02. The van der Waals surface area contributed by atoms with E-state index < -0.39 is 0 Å². The molecule has 16 heavy (non-hydrogen) atoms. The van der Waals surface area contributed by atoms with Crippen LogP contribution in [0, 0.1) is 6.92 Å². The summed E-state index contributed by atoms with van der Waals surface area (Å²) in [4.78, 5) is 2.67. The van der Waals surface area contributed by atoms with Gasteiger partial charge in [-0.3, -0.25) is 0 Å². The van der Waals surface area contributed by atoms with Crippen molar-refractivity contribution in [1.29, 1.82) is 0 Å². The molecule has 0 spiro atoms. The predicted molar refractivity (Wildman–Crippen MR) is 71.4 cm³/mol. The van der Waals surface area contributed by atoms with Gasteiger partial charge in [-0.2, -0.15) is 0 Å². The van der Waals surface area contributed by atoms with Gasteiger partial charge in [0.25, 0.3) is 0 Å². The molecule has 3 heteroatoms. The van der Waals surface area contributed by atoms with Gasteiger partial charge in [-0.1, -0.05) is 23.7 Å². The fourth-order valence-corrected chi connectivity index (χ4v) is 2.88. The minimum atomic E-state index is 0.260. The lowest BCUT2D eigenvalue weighted by atomic mass is 10.1. The van der Waals surface area contributed by atoms with E-state index in [-0.39, 0.29) is 6.04 Å². The van der Waals surface area contributed by atoms with Crippen molar-refractivity contribution < 1.29 is 0 Å². The molecule has 1 unspecified atom stereocenters. The first-order valence-electron chi connectivity index (χ1n) is 5.20. The Morgan fingerprint density at radius 1 is 1.12 bits per heavy atom. The molecule has 84 valence electrons. The standard InChI is InChI=1S/C13H14ClNS/c1-9-3-8-12(16-9)13(15-2)10-4-6-11(14)7-5-10/h3-8,13,15H,1-2H3. The van der Waals surface area contributed by atoms with Crippen LogP contribution in [0.1, 0.15) is 21.4 Å². The summed E-state index contributed by atoms with van der Waals surface area (Å²) in [6.45, 7) is 2.13. The van der Waals surface area contributed by atoms with E-state index in [0.717, 1.165) is 5.02 Å². The van der Waals surface area contributed by atoms with E-state index in [1.165, 1.54) is 15.3 Å². The molecule has 1 aromatic heterocycles. The van der Waals surface area contributed by atoms with Crippen molar-refractivity contribution in [2.45, 2.75) is 13.0 Å². The Morgan fingerprint density at radius 3 is 2.31 bits per heavy atom. The van der Waals surface area contributed by atoms with Crippen molar-refractivity contribution in [2.75, 3.05) is 7.05 Å². The van der Waals surface area contributed by atoms with E-state index in [9.17, 15) is 0 Å². The quantitative estimate of drug-likeness (QED) is 0.869. The highest BCUT2D eigenvalue weighted by molar-refractivity contribution is 7.12. The van der Waals surface area contributed by atoms with Crippen LogP contribution in [0.5, 0.6) is 0 Å². The van der Waals surface area contributed by atoms with Gasteiger partial charge in [0, 0.05) is 14.8 Å². The van der Waals surface area contributed by atoms with Crippen LogP contribution in [0.2, 0.25) is 5.02 Å². The van der Waals surface area contributed by atoms with Gasteiger partial charge in [0.15, 0.2) is 0 Å².